The summed E-state index contributed by atoms with van der Waals surface area (Å²) < 4.78 is 13.0. The zero-order chi connectivity index (χ0) is 21.2. The molecule has 1 unspecified atom stereocenters. The van der Waals surface area contributed by atoms with Crippen LogP contribution in [-0.2, 0) is 8.98 Å². The lowest BCUT2D eigenvalue weighted by Crippen LogP contribution is -2.46. The number of nitrogens with one attached hydrogen (secondary N) is 1. The maximum Gasteiger partial charge on any atom is 0.313 e. The summed E-state index contributed by atoms with van der Waals surface area (Å²) in [6, 6.07) is 5.72. The minimum Gasteiger partial charge on any atom is -0.492 e. The van der Waals surface area contributed by atoms with Gasteiger partial charge in [-0.05, 0) is 38.1 Å². The molecular formula is C21H32N4O4S2. The number of rotatable bonds is 12. The molecule has 2 N–H and O–H groups in total. The van der Waals surface area contributed by atoms with E-state index in [1.54, 1.807) is 12.4 Å². The van der Waals surface area contributed by atoms with E-state index in [1.165, 1.54) is 12.2 Å². The Hall–Kier alpha value is -1.75. The number of H-pyrrole nitrogens is 1. The zero-order valence-electron chi connectivity index (χ0n) is 17.9. The van der Waals surface area contributed by atoms with Crippen molar-refractivity contribution >= 4 is 31.7 Å². The average molecular weight is 469 g/mol. The minimum atomic E-state index is -0.769. The summed E-state index contributed by atoms with van der Waals surface area (Å²) in [6.45, 7) is 1.49. The van der Waals surface area contributed by atoms with Crippen LogP contribution in [0, 0.1) is 5.41 Å². The van der Waals surface area contributed by atoms with Gasteiger partial charge in [0.1, 0.15) is 11.2 Å². The number of aromatic amines is 1. The van der Waals surface area contributed by atoms with Gasteiger partial charge in [-0.15, -0.1) is 0 Å². The topological polar surface area (TPSA) is 101 Å². The summed E-state index contributed by atoms with van der Waals surface area (Å²) >= 11 is 1.24. The summed E-state index contributed by atoms with van der Waals surface area (Å²) in [5.74, 6) is 0.0222. The second-order valence-electron chi connectivity index (χ2n) is 7.78. The van der Waals surface area contributed by atoms with Crippen molar-refractivity contribution in [2.24, 2.45) is 5.41 Å². The van der Waals surface area contributed by atoms with Crippen LogP contribution in [0.5, 0.6) is 5.75 Å². The van der Waals surface area contributed by atoms with Crippen LogP contribution in [0.4, 0.5) is 0 Å². The fraction of sp³-hybridized carbons (Fsp3) is 0.571. The highest BCUT2D eigenvalue weighted by Crippen LogP contribution is 2.35. The molecule has 3 rings (SSSR count). The number of aliphatic carboxylic acids is 1. The van der Waals surface area contributed by atoms with Crippen molar-refractivity contribution in [3.8, 4) is 17.1 Å². The van der Waals surface area contributed by atoms with Gasteiger partial charge in [-0.25, -0.2) is 4.31 Å². The Labute approximate surface area is 194 Å². The molecule has 8 nitrogen and oxygen atoms in total. The van der Waals surface area contributed by atoms with Crippen LogP contribution in [0.15, 0.2) is 30.6 Å². The van der Waals surface area contributed by atoms with Crippen molar-refractivity contribution < 1.29 is 18.8 Å². The summed E-state index contributed by atoms with van der Waals surface area (Å²) in [4.78, 5) is 16.1. The van der Waals surface area contributed by atoms with E-state index in [0.717, 1.165) is 55.7 Å². The van der Waals surface area contributed by atoms with Crippen molar-refractivity contribution in [2.75, 3.05) is 26.8 Å². The number of hydrogen-bond donors (Lipinski definition) is 2. The van der Waals surface area contributed by atoms with E-state index in [-0.39, 0.29) is 20.1 Å². The molecule has 2 aromatic heterocycles. The molecule has 0 aromatic carbocycles. The lowest BCUT2D eigenvalue weighted by atomic mass is 9.83. The number of unbranched alkanes of at least 4 members (excludes halogenated alkanes) is 5. The van der Waals surface area contributed by atoms with E-state index >= 15 is 0 Å². The molecule has 0 amide bonds. The molecule has 1 aliphatic heterocycles. The Morgan fingerprint density at radius 2 is 2.03 bits per heavy atom. The number of aromatic nitrogens is 3. The second kappa shape index (κ2) is 12.9. The van der Waals surface area contributed by atoms with Gasteiger partial charge in [0.05, 0.1) is 43.0 Å². The molecule has 0 radical (unpaired) electrons. The number of carboxylic acid groups (broad SMARTS) is 1. The first-order valence-electron chi connectivity index (χ1n) is 10.4. The molecular weight excluding hydrogens is 436 g/mol. The standard InChI is InChI=1S/C21H30N4O4S.H2S/c1-25-15-21(20(26)27,16-29-30-25)11-6-4-2-3-5-7-13-28-17-8-9-18(22-14-17)19-10-12-23-24-19;/h8-10,12,14H,2-7,11,13,15-16H2,1H3,(H,23,24)(H,26,27);1H2. The molecule has 0 bridgehead atoms. The number of carboxylic acids is 1. The highest BCUT2D eigenvalue weighted by Gasteiger charge is 2.42. The van der Waals surface area contributed by atoms with Crippen molar-refractivity contribution in [1.82, 2.24) is 19.5 Å². The van der Waals surface area contributed by atoms with Crippen LogP contribution in [0.3, 0.4) is 0 Å². The van der Waals surface area contributed by atoms with Crippen molar-refractivity contribution in [2.45, 2.75) is 44.9 Å². The van der Waals surface area contributed by atoms with Crippen LogP contribution in [-0.4, -0.2) is 57.4 Å². The van der Waals surface area contributed by atoms with Crippen LogP contribution >= 0.6 is 25.7 Å². The van der Waals surface area contributed by atoms with Gasteiger partial charge < -0.3 is 9.84 Å². The Kier molecular flexibility index (Phi) is 10.7. The third kappa shape index (κ3) is 7.71. The largest absolute Gasteiger partial charge is 0.492 e. The summed E-state index contributed by atoms with van der Waals surface area (Å²) in [5.41, 5.74) is 0.960. The average Bonchev–Trinajstić information content (AvgIpc) is 3.28. The van der Waals surface area contributed by atoms with Gasteiger partial charge in [0.2, 0.25) is 0 Å². The lowest BCUT2D eigenvalue weighted by Gasteiger charge is -2.36. The molecule has 31 heavy (non-hydrogen) atoms. The highest BCUT2D eigenvalue weighted by atomic mass is 32.2. The predicted molar refractivity (Wildman–Crippen MR) is 126 cm³/mol. The number of carbonyl (C=O) groups is 1. The van der Waals surface area contributed by atoms with Gasteiger partial charge in [0.15, 0.2) is 0 Å². The molecule has 10 heteroatoms. The maximum atomic E-state index is 11.7. The molecule has 0 spiro atoms. The van der Waals surface area contributed by atoms with Gasteiger partial charge in [0.25, 0.3) is 0 Å². The third-order valence-corrected chi connectivity index (χ3v) is 5.93. The Balaban J connectivity index is 0.00000341. The van der Waals surface area contributed by atoms with Crippen LogP contribution in [0.25, 0.3) is 11.4 Å². The first-order valence-corrected chi connectivity index (χ1v) is 11.1. The normalized spacial score (nSPS) is 19.0. The van der Waals surface area contributed by atoms with Gasteiger partial charge >= 0.3 is 5.97 Å². The van der Waals surface area contributed by atoms with Gasteiger partial charge in [0, 0.05) is 12.7 Å². The number of nitrogens with zero attached hydrogens (tertiary/aromatic N) is 3. The van der Waals surface area contributed by atoms with E-state index in [0.29, 0.717) is 19.6 Å². The number of hydrogen-bond acceptors (Lipinski definition) is 7. The smallest absolute Gasteiger partial charge is 0.313 e. The monoisotopic (exact) mass is 468 g/mol. The molecule has 0 aliphatic carbocycles. The third-order valence-electron chi connectivity index (χ3n) is 5.33. The van der Waals surface area contributed by atoms with Crippen molar-refractivity contribution in [3.05, 3.63) is 30.6 Å². The zero-order valence-corrected chi connectivity index (χ0v) is 19.7. The van der Waals surface area contributed by atoms with Crippen molar-refractivity contribution in [3.63, 3.8) is 0 Å². The van der Waals surface area contributed by atoms with E-state index in [4.69, 9.17) is 8.92 Å². The van der Waals surface area contributed by atoms with E-state index in [9.17, 15) is 9.90 Å². The molecule has 1 atom stereocenters. The fourth-order valence-corrected chi connectivity index (χ4v) is 4.36. The molecule has 2 aromatic rings. The molecule has 3 heterocycles. The van der Waals surface area contributed by atoms with Crippen molar-refractivity contribution in [1.29, 1.82) is 0 Å². The van der Waals surface area contributed by atoms with E-state index in [1.807, 2.05) is 29.6 Å². The van der Waals surface area contributed by atoms with Gasteiger partial charge in [-0.3, -0.25) is 19.1 Å². The Morgan fingerprint density at radius 1 is 1.26 bits per heavy atom. The summed E-state index contributed by atoms with van der Waals surface area (Å²) in [6.07, 6.45) is 10.4. The fourth-order valence-electron chi connectivity index (χ4n) is 3.60. The molecule has 1 saturated heterocycles. The van der Waals surface area contributed by atoms with E-state index < -0.39 is 11.4 Å². The summed E-state index contributed by atoms with van der Waals surface area (Å²) in [5, 5.41) is 16.4. The Bertz CT molecular complexity index is 776. The first kappa shape index (κ1) is 25.5. The molecule has 1 fully saturated rings. The highest BCUT2D eigenvalue weighted by molar-refractivity contribution is 7.92. The first-order chi connectivity index (χ1) is 14.6. The quantitative estimate of drug-likeness (QED) is 0.270. The Morgan fingerprint density at radius 3 is 2.68 bits per heavy atom. The molecule has 0 saturated carbocycles. The van der Waals surface area contributed by atoms with Gasteiger partial charge in [-0.2, -0.15) is 18.6 Å². The van der Waals surface area contributed by atoms with Crippen LogP contribution < -0.4 is 4.74 Å². The number of pyridine rings is 1. The lowest BCUT2D eigenvalue weighted by molar-refractivity contribution is -0.152. The van der Waals surface area contributed by atoms with Crippen LogP contribution in [0.1, 0.15) is 44.9 Å². The minimum absolute atomic E-state index is 0. The van der Waals surface area contributed by atoms with Gasteiger partial charge in [-0.1, -0.05) is 32.1 Å². The molecule has 172 valence electrons. The predicted octanol–water partition coefficient (Wildman–Crippen LogP) is 4.29. The maximum absolute atomic E-state index is 11.7. The van der Waals surface area contributed by atoms with Crippen LogP contribution in [0.2, 0.25) is 0 Å². The second-order valence-corrected chi connectivity index (χ2v) is 8.79. The summed E-state index contributed by atoms with van der Waals surface area (Å²) in [7, 11) is 1.87. The SMILES string of the molecule is CN1CC(CCCCCCCCOc2ccc(-c3ccn[nH]3)nc2)(C(=O)O)COS1.S. The van der Waals surface area contributed by atoms with E-state index in [2.05, 4.69) is 15.2 Å². The number of ether oxygens (including phenoxy) is 1. The molecule has 1 aliphatic rings.